The molecule has 2 aliphatic heterocycles. The van der Waals surface area contributed by atoms with Crippen LogP contribution in [0.1, 0.15) is 12.8 Å². The molecule has 1 unspecified atom stereocenters. The van der Waals surface area contributed by atoms with Crippen LogP contribution in [-0.4, -0.2) is 38.3 Å². The number of amides is 1. The summed E-state index contributed by atoms with van der Waals surface area (Å²) in [6.45, 7) is 3.28. The fraction of sp³-hybridized carbons (Fsp3) is 0.889. The minimum atomic E-state index is 0.0978. The Labute approximate surface area is 78.0 Å². The van der Waals surface area contributed by atoms with Crippen molar-refractivity contribution in [1.82, 2.24) is 10.6 Å². The highest BCUT2D eigenvalue weighted by Gasteiger charge is 2.26. The summed E-state index contributed by atoms with van der Waals surface area (Å²) in [5.41, 5.74) is 0. The smallest absolute Gasteiger partial charge is 0.225 e. The fourth-order valence-corrected chi connectivity index (χ4v) is 1.84. The van der Waals surface area contributed by atoms with E-state index in [0.717, 1.165) is 32.5 Å². The van der Waals surface area contributed by atoms with Gasteiger partial charge in [0.1, 0.15) is 0 Å². The lowest BCUT2D eigenvalue weighted by Crippen LogP contribution is -2.40. The van der Waals surface area contributed by atoms with Gasteiger partial charge in [0.2, 0.25) is 5.91 Å². The Morgan fingerprint density at radius 2 is 2.38 bits per heavy atom. The number of ether oxygens (including phenoxy) is 1. The molecule has 0 bridgehead atoms. The summed E-state index contributed by atoms with van der Waals surface area (Å²) in [6.07, 6.45) is 1.94. The summed E-state index contributed by atoms with van der Waals surface area (Å²) in [7, 11) is 0. The minimum Gasteiger partial charge on any atom is -0.381 e. The highest BCUT2D eigenvalue weighted by atomic mass is 16.5. The third kappa shape index (κ3) is 2.19. The lowest BCUT2D eigenvalue weighted by atomic mass is 10.1. The van der Waals surface area contributed by atoms with Gasteiger partial charge in [-0.05, 0) is 19.4 Å². The Morgan fingerprint density at radius 3 is 3.00 bits per heavy atom. The Hall–Kier alpha value is -0.610. The van der Waals surface area contributed by atoms with Crippen LogP contribution in [0.4, 0.5) is 0 Å². The number of carbonyl (C=O) groups excluding carboxylic acids is 1. The van der Waals surface area contributed by atoms with Crippen molar-refractivity contribution in [1.29, 1.82) is 0 Å². The molecule has 0 saturated carbocycles. The summed E-state index contributed by atoms with van der Waals surface area (Å²) < 4.78 is 5.17. The van der Waals surface area contributed by atoms with Gasteiger partial charge in [-0.3, -0.25) is 4.79 Å². The molecule has 4 heteroatoms. The van der Waals surface area contributed by atoms with E-state index in [0.29, 0.717) is 12.6 Å². The number of hydrogen-bond donors (Lipinski definition) is 2. The summed E-state index contributed by atoms with van der Waals surface area (Å²) in [4.78, 5) is 11.6. The van der Waals surface area contributed by atoms with Crippen LogP contribution >= 0.6 is 0 Å². The summed E-state index contributed by atoms with van der Waals surface area (Å²) in [5.74, 6) is 0.270. The summed E-state index contributed by atoms with van der Waals surface area (Å²) >= 11 is 0. The van der Waals surface area contributed by atoms with Crippen molar-refractivity contribution in [3.05, 3.63) is 0 Å². The first kappa shape index (κ1) is 8.97. The molecule has 2 saturated heterocycles. The quantitative estimate of drug-likeness (QED) is 0.608. The second-order valence-electron chi connectivity index (χ2n) is 3.76. The molecule has 4 nitrogen and oxygen atoms in total. The van der Waals surface area contributed by atoms with Crippen molar-refractivity contribution in [3.8, 4) is 0 Å². The molecule has 0 spiro atoms. The van der Waals surface area contributed by atoms with Crippen molar-refractivity contribution in [3.63, 3.8) is 0 Å². The van der Waals surface area contributed by atoms with E-state index < -0.39 is 0 Å². The predicted molar refractivity (Wildman–Crippen MR) is 48.3 cm³/mol. The Balaban J connectivity index is 1.76. The highest BCUT2D eigenvalue weighted by molar-refractivity contribution is 5.79. The van der Waals surface area contributed by atoms with E-state index in [-0.39, 0.29) is 11.8 Å². The molecule has 0 aliphatic carbocycles. The van der Waals surface area contributed by atoms with Crippen LogP contribution in [0.15, 0.2) is 0 Å². The van der Waals surface area contributed by atoms with Gasteiger partial charge >= 0.3 is 0 Å². The average Bonchev–Trinajstić information content (AvgIpc) is 2.74. The molecule has 0 aromatic carbocycles. The van der Waals surface area contributed by atoms with Crippen LogP contribution in [0.5, 0.6) is 0 Å². The summed E-state index contributed by atoms with van der Waals surface area (Å²) in [5, 5.41) is 6.26. The van der Waals surface area contributed by atoms with Gasteiger partial charge < -0.3 is 15.4 Å². The van der Waals surface area contributed by atoms with Crippen LogP contribution in [0.3, 0.4) is 0 Å². The number of hydrogen-bond acceptors (Lipinski definition) is 3. The molecule has 0 aromatic rings. The lowest BCUT2D eigenvalue weighted by molar-refractivity contribution is -0.125. The van der Waals surface area contributed by atoms with Crippen molar-refractivity contribution in [2.24, 2.45) is 5.92 Å². The maximum Gasteiger partial charge on any atom is 0.225 e. The molecular weight excluding hydrogens is 168 g/mol. The second-order valence-corrected chi connectivity index (χ2v) is 3.76. The normalized spacial score (nSPS) is 33.5. The largest absolute Gasteiger partial charge is 0.381 e. The first-order valence-electron chi connectivity index (χ1n) is 4.95. The fourth-order valence-electron chi connectivity index (χ4n) is 1.84. The van der Waals surface area contributed by atoms with Gasteiger partial charge in [-0.2, -0.15) is 0 Å². The molecule has 2 fully saturated rings. The number of nitrogens with one attached hydrogen (secondary N) is 2. The topological polar surface area (TPSA) is 50.4 Å². The maximum atomic E-state index is 11.6. The molecule has 1 amide bonds. The first-order valence-corrected chi connectivity index (χ1v) is 4.95. The summed E-state index contributed by atoms with van der Waals surface area (Å²) in [6, 6.07) is 0.341. The van der Waals surface area contributed by atoms with Crippen molar-refractivity contribution in [2.45, 2.75) is 18.9 Å². The van der Waals surface area contributed by atoms with Crippen LogP contribution in [0, 0.1) is 5.92 Å². The molecule has 2 heterocycles. The zero-order chi connectivity index (χ0) is 9.10. The average molecular weight is 184 g/mol. The van der Waals surface area contributed by atoms with Crippen molar-refractivity contribution < 1.29 is 9.53 Å². The lowest BCUT2D eigenvalue weighted by Gasteiger charge is -2.14. The predicted octanol–water partition coefficient (Wildman–Crippen LogP) is -0.499. The first-order chi connectivity index (χ1) is 6.36. The van der Waals surface area contributed by atoms with Gasteiger partial charge in [-0.25, -0.2) is 0 Å². The van der Waals surface area contributed by atoms with Gasteiger partial charge in [0.25, 0.3) is 0 Å². The van der Waals surface area contributed by atoms with E-state index in [1.54, 1.807) is 0 Å². The van der Waals surface area contributed by atoms with Crippen LogP contribution in [0.2, 0.25) is 0 Å². The van der Waals surface area contributed by atoms with Gasteiger partial charge in [0.15, 0.2) is 0 Å². The van der Waals surface area contributed by atoms with E-state index in [1.807, 2.05) is 0 Å². The van der Waals surface area contributed by atoms with Crippen LogP contribution in [-0.2, 0) is 9.53 Å². The molecule has 13 heavy (non-hydrogen) atoms. The monoisotopic (exact) mass is 184 g/mol. The van der Waals surface area contributed by atoms with E-state index in [1.165, 1.54) is 0 Å². The Kier molecular flexibility index (Phi) is 2.80. The zero-order valence-electron chi connectivity index (χ0n) is 7.71. The van der Waals surface area contributed by atoms with Gasteiger partial charge in [-0.15, -0.1) is 0 Å². The standard InChI is InChI=1S/C9H16N2O2/c12-9(7-2-4-13-6-7)11-8-1-3-10-5-8/h7-8,10H,1-6H2,(H,11,12)/t7?,8-/m1/s1. The van der Waals surface area contributed by atoms with Gasteiger partial charge in [0.05, 0.1) is 12.5 Å². The maximum absolute atomic E-state index is 11.6. The number of carbonyl (C=O) groups is 1. The van der Waals surface area contributed by atoms with Crippen LogP contribution in [0.25, 0.3) is 0 Å². The highest BCUT2D eigenvalue weighted by Crippen LogP contribution is 2.12. The molecular formula is C9H16N2O2. The molecule has 0 aromatic heterocycles. The molecule has 2 aliphatic rings. The van der Waals surface area contributed by atoms with Crippen molar-refractivity contribution in [2.75, 3.05) is 26.3 Å². The van der Waals surface area contributed by atoms with E-state index in [4.69, 9.17) is 4.74 Å². The zero-order valence-corrected chi connectivity index (χ0v) is 7.71. The third-order valence-electron chi connectivity index (χ3n) is 2.71. The number of rotatable bonds is 2. The molecule has 74 valence electrons. The van der Waals surface area contributed by atoms with E-state index >= 15 is 0 Å². The van der Waals surface area contributed by atoms with Gasteiger partial charge in [0, 0.05) is 19.2 Å². The Morgan fingerprint density at radius 1 is 1.46 bits per heavy atom. The molecule has 2 N–H and O–H groups in total. The molecule has 2 atom stereocenters. The minimum absolute atomic E-state index is 0.0978. The molecule has 2 rings (SSSR count). The van der Waals surface area contributed by atoms with Gasteiger partial charge in [-0.1, -0.05) is 0 Å². The Bertz CT molecular complexity index is 184. The molecule has 0 radical (unpaired) electrons. The van der Waals surface area contributed by atoms with Crippen molar-refractivity contribution >= 4 is 5.91 Å². The van der Waals surface area contributed by atoms with Crippen LogP contribution < -0.4 is 10.6 Å². The SMILES string of the molecule is O=C(N[C@@H]1CCNC1)C1CCOC1. The third-order valence-corrected chi connectivity index (χ3v) is 2.71. The van der Waals surface area contributed by atoms with E-state index in [9.17, 15) is 4.79 Å². The van der Waals surface area contributed by atoms with E-state index in [2.05, 4.69) is 10.6 Å². The second kappa shape index (κ2) is 4.07.